The van der Waals surface area contributed by atoms with E-state index in [0.717, 1.165) is 24.0 Å². The van der Waals surface area contributed by atoms with Crippen LogP contribution in [0.15, 0.2) is 79.0 Å². The predicted molar refractivity (Wildman–Crippen MR) is 166 cm³/mol. The summed E-state index contributed by atoms with van der Waals surface area (Å²) in [4.78, 5) is 9.66. The third-order valence-corrected chi connectivity index (χ3v) is 8.10. The lowest BCUT2D eigenvalue weighted by atomic mass is 10.1. The summed E-state index contributed by atoms with van der Waals surface area (Å²) < 4.78 is 37.8. The van der Waals surface area contributed by atoms with Gasteiger partial charge >= 0.3 is 0 Å². The van der Waals surface area contributed by atoms with Gasteiger partial charge in [0.05, 0.1) is 28.8 Å². The summed E-state index contributed by atoms with van der Waals surface area (Å²) in [5.41, 5.74) is 4.90. The van der Waals surface area contributed by atoms with E-state index in [-0.39, 0.29) is 17.4 Å². The molecule has 3 N–H and O–H groups in total. The Hall–Kier alpha value is -4.12. The molecule has 0 saturated carbocycles. The van der Waals surface area contributed by atoms with Crippen LogP contribution < -0.4 is 4.74 Å². The lowest BCUT2D eigenvalue weighted by Crippen LogP contribution is -2.04. The molecule has 0 fully saturated rings. The summed E-state index contributed by atoms with van der Waals surface area (Å²) in [6.45, 7) is 0.427. The number of unbranched alkanes of at least 4 members (excludes halogenated alkanes) is 3. The van der Waals surface area contributed by atoms with Crippen LogP contribution in [0.5, 0.6) is 17.4 Å². The second kappa shape index (κ2) is 13.5. The predicted octanol–water partition coefficient (Wildman–Crippen LogP) is 6.47. The fraction of sp³-hybridized carbons (Fsp3) is 0.250. The average Bonchev–Trinajstić information content (AvgIpc) is 3.28. The standard InChI is InChI=1S/C32H32ClN3O6S/c33-26-17-23(13-14-30(26)42-15-6-1-2-7-16-43(39,40)41)19-28-32(38)36-21-29(24-11-8-12-25(37)20-24)34-27(31(36)35-28)18-22-9-4-3-5-10-22/h3-5,8-14,17,20-21,37-38H,1-2,6-7,15-16,18-19H2,(H,39,40,41). The highest BCUT2D eigenvalue weighted by Gasteiger charge is 2.19. The summed E-state index contributed by atoms with van der Waals surface area (Å²) in [6, 6.07) is 22.2. The van der Waals surface area contributed by atoms with Gasteiger partial charge in [-0.1, -0.05) is 73.0 Å². The maximum absolute atomic E-state index is 11.3. The van der Waals surface area contributed by atoms with Crippen molar-refractivity contribution in [3.05, 3.63) is 107 Å². The Morgan fingerprint density at radius 1 is 0.814 bits per heavy atom. The van der Waals surface area contributed by atoms with Crippen molar-refractivity contribution in [2.45, 2.75) is 38.5 Å². The maximum atomic E-state index is 11.3. The maximum Gasteiger partial charge on any atom is 0.264 e. The molecular weight excluding hydrogens is 590 g/mol. The van der Waals surface area contributed by atoms with Crippen molar-refractivity contribution < 1.29 is 27.9 Å². The van der Waals surface area contributed by atoms with Gasteiger partial charge in [0.2, 0.25) is 5.88 Å². The van der Waals surface area contributed by atoms with Gasteiger partial charge < -0.3 is 14.9 Å². The van der Waals surface area contributed by atoms with Crippen LogP contribution in [0, 0.1) is 0 Å². The molecule has 2 aromatic heterocycles. The quantitative estimate of drug-likeness (QED) is 0.101. The highest BCUT2D eigenvalue weighted by atomic mass is 35.5. The number of aromatic hydroxyl groups is 2. The van der Waals surface area contributed by atoms with Crippen LogP contribution in [0.25, 0.3) is 16.9 Å². The van der Waals surface area contributed by atoms with Crippen LogP contribution in [0.3, 0.4) is 0 Å². The van der Waals surface area contributed by atoms with E-state index in [0.29, 0.717) is 71.4 Å². The minimum Gasteiger partial charge on any atom is -0.508 e. The number of hydrogen-bond donors (Lipinski definition) is 3. The van der Waals surface area contributed by atoms with Gasteiger partial charge in [-0.05, 0) is 48.2 Å². The number of ether oxygens (including phenoxy) is 1. The zero-order chi connectivity index (χ0) is 30.4. The lowest BCUT2D eigenvalue weighted by molar-refractivity contribution is 0.305. The molecule has 0 saturated heterocycles. The van der Waals surface area contributed by atoms with Gasteiger partial charge in [-0.2, -0.15) is 8.42 Å². The third-order valence-electron chi connectivity index (χ3n) is 7.00. The first-order valence-electron chi connectivity index (χ1n) is 14.0. The molecule has 224 valence electrons. The van der Waals surface area contributed by atoms with E-state index < -0.39 is 10.1 Å². The van der Waals surface area contributed by atoms with E-state index in [1.165, 1.54) is 0 Å². The van der Waals surface area contributed by atoms with Gasteiger partial charge in [-0.3, -0.25) is 8.95 Å². The fourth-order valence-electron chi connectivity index (χ4n) is 4.86. The van der Waals surface area contributed by atoms with Crippen LogP contribution in [0.2, 0.25) is 5.02 Å². The molecule has 0 atom stereocenters. The van der Waals surface area contributed by atoms with Gasteiger partial charge in [-0.15, -0.1) is 0 Å². The third kappa shape index (κ3) is 8.04. The second-order valence-electron chi connectivity index (χ2n) is 10.4. The Balaban J connectivity index is 1.33. The molecule has 3 aromatic carbocycles. The number of halogens is 1. The van der Waals surface area contributed by atoms with Gasteiger partial charge in [0.25, 0.3) is 10.1 Å². The van der Waals surface area contributed by atoms with E-state index in [1.807, 2.05) is 42.5 Å². The number of phenols is 1. The Morgan fingerprint density at radius 3 is 2.33 bits per heavy atom. The molecule has 0 unspecified atom stereocenters. The van der Waals surface area contributed by atoms with Crippen LogP contribution in [0.1, 0.15) is 48.2 Å². The Kier molecular flexibility index (Phi) is 9.49. The molecule has 11 heteroatoms. The topological polar surface area (TPSA) is 134 Å². The van der Waals surface area contributed by atoms with Crippen molar-refractivity contribution in [2.75, 3.05) is 12.4 Å². The molecule has 0 bridgehead atoms. The molecule has 0 aliphatic carbocycles. The van der Waals surface area contributed by atoms with Crippen molar-refractivity contribution in [1.82, 2.24) is 14.4 Å². The van der Waals surface area contributed by atoms with Gasteiger partial charge in [-0.25, -0.2) is 9.97 Å². The van der Waals surface area contributed by atoms with E-state index in [2.05, 4.69) is 0 Å². The monoisotopic (exact) mass is 621 g/mol. The minimum atomic E-state index is -3.91. The number of aromatic nitrogens is 3. The molecule has 0 aliphatic heterocycles. The summed E-state index contributed by atoms with van der Waals surface area (Å²) in [6.07, 6.45) is 5.13. The van der Waals surface area contributed by atoms with E-state index in [4.69, 9.17) is 30.9 Å². The van der Waals surface area contributed by atoms with Crippen LogP contribution in [0.4, 0.5) is 0 Å². The molecule has 9 nitrogen and oxygen atoms in total. The molecular formula is C32H32ClN3O6S. The molecule has 0 radical (unpaired) electrons. The number of phenolic OH excluding ortho intramolecular Hbond substituents is 1. The Morgan fingerprint density at radius 2 is 1.58 bits per heavy atom. The van der Waals surface area contributed by atoms with Crippen molar-refractivity contribution in [2.24, 2.45) is 0 Å². The number of hydrogen-bond acceptors (Lipinski definition) is 7. The molecule has 0 amide bonds. The molecule has 0 spiro atoms. The van der Waals surface area contributed by atoms with E-state index in [1.54, 1.807) is 40.9 Å². The average molecular weight is 622 g/mol. The normalized spacial score (nSPS) is 11.7. The SMILES string of the molecule is O=S(=O)(O)CCCCCCOc1ccc(Cc2nc3c(Cc4ccccc4)nc(-c4cccc(O)c4)cn3c2O)cc1Cl. The molecule has 0 aliphatic rings. The van der Waals surface area contributed by atoms with Crippen molar-refractivity contribution in [1.29, 1.82) is 0 Å². The smallest absolute Gasteiger partial charge is 0.264 e. The number of rotatable bonds is 13. The van der Waals surface area contributed by atoms with Gasteiger partial charge in [0.1, 0.15) is 17.2 Å². The van der Waals surface area contributed by atoms with Crippen LogP contribution in [-0.4, -0.2) is 49.9 Å². The zero-order valence-corrected chi connectivity index (χ0v) is 24.9. The largest absolute Gasteiger partial charge is 0.508 e. The Labute approximate surface area is 255 Å². The van der Waals surface area contributed by atoms with Crippen LogP contribution >= 0.6 is 11.6 Å². The summed E-state index contributed by atoms with van der Waals surface area (Å²) in [5.74, 6) is 0.429. The highest BCUT2D eigenvalue weighted by molar-refractivity contribution is 7.85. The Bertz CT molecular complexity index is 1830. The second-order valence-corrected chi connectivity index (χ2v) is 12.3. The summed E-state index contributed by atoms with van der Waals surface area (Å²) >= 11 is 6.51. The van der Waals surface area contributed by atoms with Crippen molar-refractivity contribution in [3.8, 4) is 28.6 Å². The molecule has 43 heavy (non-hydrogen) atoms. The summed E-state index contributed by atoms with van der Waals surface area (Å²) in [7, 11) is -3.91. The lowest BCUT2D eigenvalue weighted by Gasteiger charge is -2.09. The number of nitrogens with zero attached hydrogens (tertiary/aromatic N) is 3. The first kappa shape index (κ1) is 30.3. The summed E-state index contributed by atoms with van der Waals surface area (Å²) in [5, 5.41) is 21.7. The number of imidazole rings is 1. The van der Waals surface area contributed by atoms with Crippen molar-refractivity contribution >= 4 is 27.4 Å². The number of benzene rings is 3. The fourth-order valence-corrected chi connectivity index (χ4v) is 5.69. The zero-order valence-electron chi connectivity index (χ0n) is 23.4. The first-order valence-corrected chi connectivity index (χ1v) is 15.9. The molecule has 2 heterocycles. The van der Waals surface area contributed by atoms with E-state index in [9.17, 15) is 18.6 Å². The first-order chi connectivity index (χ1) is 20.7. The van der Waals surface area contributed by atoms with Gasteiger partial charge in [0, 0.05) is 24.6 Å². The number of fused-ring (bicyclic) bond motifs is 1. The van der Waals surface area contributed by atoms with Crippen LogP contribution in [-0.2, 0) is 23.0 Å². The van der Waals surface area contributed by atoms with E-state index >= 15 is 0 Å². The van der Waals surface area contributed by atoms with Crippen molar-refractivity contribution in [3.63, 3.8) is 0 Å². The highest BCUT2D eigenvalue weighted by Crippen LogP contribution is 2.31. The van der Waals surface area contributed by atoms with Gasteiger partial charge in [0.15, 0.2) is 5.65 Å². The molecule has 5 aromatic rings. The molecule has 5 rings (SSSR count). The minimum absolute atomic E-state index is 0.00133.